The van der Waals surface area contributed by atoms with Gasteiger partial charge in [0, 0.05) is 42.1 Å². The number of benzene rings is 1. The number of imidazole rings is 1. The van der Waals surface area contributed by atoms with Crippen molar-refractivity contribution in [2.45, 2.75) is 0 Å². The fourth-order valence-electron chi connectivity index (χ4n) is 2.43. The Bertz CT molecular complexity index is 944. The number of halogens is 1. The maximum absolute atomic E-state index is 13.1. The van der Waals surface area contributed by atoms with E-state index in [4.69, 9.17) is 0 Å². The van der Waals surface area contributed by atoms with Crippen molar-refractivity contribution < 1.29 is 4.39 Å². The van der Waals surface area contributed by atoms with E-state index in [0.717, 1.165) is 28.2 Å². The SMILES string of the molecule is Fc1ccc(-c2nccnc2-c2ccc3nccn3c2)cc1. The molecule has 3 aromatic heterocycles. The average Bonchev–Trinajstić information content (AvgIpc) is 3.03. The molecule has 0 aliphatic heterocycles. The molecule has 0 unspecified atom stereocenters. The van der Waals surface area contributed by atoms with Gasteiger partial charge in [0.15, 0.2) is 0 Å². The van der Waals surface area contributed by atoms with Crippen molar-refractivity contribution >= 4 is 5.65 Å². The molecule has 1 aromatic carbocycles. The molecule has 4 aromatic rings. The van der Waals surface area contributed by atoms with E-state index in [9.17, 15) is 4.39 Å². The zero-order valence-corrected chi connectivity index (χ0v) is 11.5. The summed E-state index contributed by atoms with van der Waals surface area (Å²) in [6, 6.07) is 10.1. The zero-order chi connectivity index (χ0) is 14.9. The van der Waals surface area contributed by atoms with Gasteiger partial charge in [-0.3, -0.25) is 9.97 Å². The Morgan fingerprint density at radius 1 is 0.727 bits per heavy atom. The van der Waals surface area contributed by atoms with E-state index in [0.29, 0.717) is 0 Å². The molecule has 0 N–H and O–H groups in total. The standard InChI is InChI=1S/C17H11FN4/c18-14-4-1-12(2-5-14)16-17(21-8-7-20-16)13-3-6-15-19-9-10-22(15)11-13/h1-11H. The van der Waals surface area contributed by atoms with E-state index >= 15 is 0 Å². The van der Waals surface area contributed by atoms with Crippen molar-refractivity contribution in [2.75, 3.05) is 0 Å². The van der Waals surface area contributed by atoms with Crippen LogP contribution < -0.4 is 0 Å². The summed E-state index contributed by atoms with van der Waals surface area (Å²) in [7, 11) is 0. The summed E-state index contributed by atoms with van der Waals surface area (Å²) in [6.45, 7) is 0. The fourth-order valence-corrected chi connectivity index (χ4v) is 2.43. The van der Waals surface area contributed by atoms with Crippen LogP contribution >= 0.6 is 0 Å². The molecule has 106 valence electrons. The monoisotopic (exact) mass is 290 g/mol. The largest absolute Gasteiger partial charge is 0.306 e. The van der Waals surface area contributed by atoms with Crippen LogP contribution in [0.4, 0.5) is 4.39 Å². The van der Waals surface area contributed by atoms with Crippen molar-refractivity contribution in [1.82, 2.24) is 19.4 Å². The summed E-state index contributed by atoms with van der Waals surface area (Å²) >= 11 is 0. The minimum Gasteiger partial charge on any atom is -0.306 e. The lowest BCUT2D eigenvalue weighted by atomic mass is 10.1. The van der Waals surface area contributed by atoms with Gasteiger partial charge >= 0.3 is 0 Å². The molecule has 0 atom stereocenters. The van der Waals surface area contributed by atoms with Crippen LogP contribution in [0.15, 0.2) is 67.4 Å². The number of nitrogens with zero attached hydrogens (tertiary/aromatic N) is 4. The van der Waals surface area contributed by atoms with Crippen LogP contribution in [0.5, 0.6) is 0 Å². The molecule has 0 fully saturated rings. The highest BCUT2D eigenvalue weighted by molar-refractivity contribution is 5.77. The van der Waals surface area contributed by atoms with Gasteiger partial charge in [-0.15, -0.1) is 0 Å². The Hall–Kier alpha value is -3.08. The van der Waals surface area contributed by atoms with Crippen LogP contribution in [-0.2, 0) is 0 Å². The Morgan fingerprint density at radius 3 is 2.18 bits per heavy atom. The molecule has 0 aliphatic rings. The fraction of sp³-hybridized carbons (Fsp3) is 0. The van der Waals surface area contributed by atoms with E-state index in [2.05, 4.69) is 15.0 Å². The smallest absolute Gasteiger partial charge is 0.136 e. The van der Waals surface area contributed by atoms with Gasteiger partial charge in [0.05, 0.1) is 11.4 Å². The third-order valence-corrected chi connectivity index (χ3v) is 3.48. The number of hydrogen-bond acceptors (Lipinski definition) is 3. The van der Waals surface area contributed by atoms with Crippen LogP contribution in [0.25, 0.3) is 28.2 Å². The Kier molecular flexibility index (Phi) is 2.89. The number of aromatic nitrogens is 4. The molecule has 4 nitrogen and oxygen atoms in total. The van der Waals surface area contributed by atoms with Crippen LogP contribution in [0.3, 0.4) is 0 Å². The van der Waals surface area contributed by atoms with Gasteiger partial charge in [0.25, 0.3) is 0 Å². The first-order valence-electron chi connectivity index (χ1n) is 6.81. The minimum atomic E-state index is -0.269. The molecule has 0 amide bonds. The first kappa shape index (κ1) is 12.6. The molecule has 0 bridgehead atoms. The number of rotatable bonds is 2. The van der Waals surface area contributed by atoms with Crippen LogP contribution in [0.1, 0.15) is 0 Å². The van der Waals surface area contributed by atoms with Gasteiger partial charge in [0.1, 0.15) is 11.5 Å². The van der Waals surface area contributed by atoms with E-state index < -0.39 is 0 Å². The first-order valence-corrected chi connectivity index (χ1v) is 6.81. The molecule has 0 spiro atoms. The molecule has 0 saturated carbocycles. The summed E-state index contributed by atoms with van der Waals surface area (Å²) in [5, 5.41) is 0. The quantitative estimate of drug-likeness (QED) is 0.566. The molecule has 5 heteroatoms. The summed E-state index contributed by atoms with van der Waals surface area (Å²) in [6.07, 6.45) is 8.88. The topological polar surface area (TPSA) is 43.1 Å². The predicted octanol–water partition coefficient (Wildman–Crippen LogP) is 3.60. The van der Waals surface area contributed by atoms with Crippen LogP contribution in [0.2, 0.25) is 0 Å². The second-order valence-electron chi connectivity index (χ2n) is 4.87. The summed E-state index contributed by atoms with van der Waals surface area (Å²) in [5.41, 5.74) is 4.11. The molecule has 0 aliphatic carbocycles. The van der Waals surface area contributed by atoms with Crippen molar-refractivity contribution in [3.63, 3.8) is 0 Å². The maximum Gasteiger partial charge on any atom is 0.136 e. The summed E-state index contributed by atoms with van der Waals surface area (Å²) in [5.74, 6) is -0.269. The highest BCUT2D eigenvalue weighted by Crippen LogP contribution is 2.28. The van der Waals surface area contributed by atoms with Crippen LogP contribution in [0, 0.1) is 5.82 Å². The van der Waals surface area contributed by atoms with Gasteiger partial charge in [-0.25, -0.2) is 9.37 Å². The molecular weight excluding hydrogens is 279 g/mol. The zero-order valence-electron chi connectivity index (χ0n) is 11.5. The Balaban J connectivity index is 1.89. The van der Waals surface area contributed by atoms with E-state index in [1.165, 1.54) is 12.1 Å². The third kappa shape index (κ3) is 2.13. The van der Waals surface area contributed by atoms with E-state index in [1.807, 2.05) is 28.9 Å². The summed E-state index contributed by atoms with van der Waals surface area (Å²) in [4.78, 5) is 13.1. The normalized spacial score (nSPS) is 11.0. The molecule has 22 heavy (non-hydrogen) atoms. The van der Waals surface area contributed by atoms with Crippen molar-refractivity contribution in [2.24, 2.45) is 0 Å². The highest BCUT2D eigenvalue weighted by atomic mass is 19.1. The first-order chi connectivity index (χ1) is 10.8. The van der Waals surface area contributed by atoms with Gasteiger partial charge in [-0.2, -0.15) is 0 Å². The number of hydrogen-bond donors (Lipinski definition) is 0. The lowest BCUT2D eigenvalue weighted by molar-refractivity contribution is 0.628. The summed E-state index contributed by atoms with van der Waals surface area (Å²) < 4.78 is 15.0. The van der Waals surface area contributed by atoms with Gasteiger partial charge < -0.3 is 4.40 Å². The van der Waals surface area contributed by atoms with Crippen LogP contribution in [-0.4, -0.2) is 19.4 Å². The highest BCUT2D eigenvalue weighted by Gasteiger charge is 2.11. The predicted molar refractivity (Wildman–Crippen MR) is 81.6 cm³/mol. The van der Waals surface area contributed by atoms with E-state index in [-0.39, 0.29) is 5.82 Å². The van der Waals surface area contributed by atoms with Crippen molar-refractivity contribution in [1.29, 1.82) is 0 Å². The third-order valence-electron chi connectivity index (χ3n) is 3.48. The number of pyridine rings is 1. The van der Waals surface area contributed by atoms with Gasteiger partial charge in [0.2, 0.25) is 0 Å². The molecule has 0 saturated heterocycles. The van der Waals surface area contributed by atoms with E-state index in [1.54, 1.807) is 30.7 Å². The average molecular weight is 290 g/mol. The van der Waals surface area contributed by atoms with Crippen molar-refractivity contribution in [3.8, 4) is 22.5 Å². The second-order valence-corrected chi connectivity index (χ2v) is 4.87. The lowest BCUT2D eigenvalue weighted by Crippen LogP contribution is -1.94. The van der Waals surface area contributed by atoms with Crippen molar-refractivity contribution in [3.05, 3.63) is 73.2 Å². The second kappa shape index (κ2) is 5.04. The Morgan fingerprint density at radius 2 is 1.41 bits per heavy atom. The van der Waals surface area contributed by atoms with Gasteiger partial charge in [-0.05, 0) is 36.4 Å². The Labute approximate surface area is 125 Å². The molecule has 0 radical (unpaired) electrons. The molecular formula is C17H11FN4. The maximum atomic E-state index is 13.1. The number of fused-ring (bicyclic) bond motifs is 1. The van der Waals surface area contributed by atoms with Gasteiger partial charge in [-0.1, -0.05) is 0 Å². The molecule has 4 rings (SSSR count). The molecule has 3 heterocycles. The minimum absolute atomic E-state index is 0.269. The lowest BCUT2D eigenvalue weighted by Gasteiger charge is -2.08.